The van der Waals surface area contributed by atoms with Crippen molar-refractivity contribution in [3.05, 3.63) is 30.1 Å². The highest BCUT2D eigenvalue weighted by molar-refractivity contribution is 5.09. The van der Waals surface area contributed by atoms with Crippen molar-refractivity contribution in [3.63, 3.8) is 0 Å². The average Bonchev–Trinajstić information content (AvgIpc) is 3.15. The van der Waals surface area contributed by atoms with E-state index in [1.165, 1.54) is 31.2 Å². The second-order valence-electron chi connectivity index (χ2n) is 4.78. The molecule has 0 amide bonds. The van der Waals surface area contributed by atoms with Gasteiger partial charge < -0.3 is 0 Å². The second kappa shape index (κ2) is 5.97. The lowest BCUT2D eigenvalue weighted by Gasteiger charge is -2.15. The summed E-state index contributed by atoms with van der Waals surface area (Å²) < 4.78 is 0. The highest BCUT2D eigenvalue weighted by atomic mass is 15.2. The van der Waals surface area contributed by atoms with Gasteiger partial charge in [0, 0.05) is 18.4 Å². The number of aromatic nitrogens is 1. The minimum atomic E-state index is 0.466. The highest BCUT2D eigenvalue weighted by Crippen LogP contribution is 2.34. The Hall–Kier alpha value is -0.930. The van der Waals surface area contributed by atoms with Crippen LogP contribution in [0, 0.1) is 5.92 Å². The lowest BCUT2D eigenvalue weighted by Crippen LogP contribution is -2.35. The van der Waals surface area contributed by atoms with Crippen LogP contribution in [0.2, 0.25) is 0 Å². The van der Waals surface area contributed by atoms with Gasteiger partial charge in [0.2, 0.25) is 0 Å². The van der Waals surface area contributed by atoms with Gasteiger partial charge in [-0.3, -0.25) is 16.3 Å². The topological polar surface area (TPSA) is 50.9 Å². The number of nitrogens with two attached hydrogens (primary N) is 1. The van der Waals surface area contributed by atoms with Crippen LogP contribution in [-0.2, 0) is 6.42 Å². The standard InChI is InChI=1S/C13H21N3/c14-16-13(5-3-11-1-2-11)6-4-12-7-9-15-10-8-12/h7-11,13,16H,1-6,14H2. The number of hydrogen-bond donors (Lipinski definition) is 2. The molecule has 0 saturated heterocycles. The molecule has 0 aromatic carbocycles. The fraction of sp³-hybridized carbons (Fsp3) is 0.615. The molecule has 1 heterocycles. The lowest BCUT2D eigenvalue weighted by molar-refractivity contribution is 0.440. The predicted molar refractivity (Wildman–Crippen MR) is 65.6 cm³/mol. The van der Waals surface area contributed by atoms with Gasteiger partial charge in [0.05, 0.1) is 0 Å². The normalized spacial score (nSPS) is 17.3. The van der Waals surface area contributed by atoms with Crippen molar-refractivity contribution in [1.82, 2.24) is 10.4 Å². The maximum atomic E-state index is 5.58. The van der Waals surface area contributed by atoms with Crippen LogP contribution in [0.1, 0.15) is 37.7 Å². The summed E-state index contributed by atoms with van der Waals surface area (Å²) in [4.78, 5) is 4.02. The highest BCUT2D eigenvalue weighted by Gasteiger charge is 2.22. The number of hydrazine groups is 1. The largest absolute Gasteiger partial charge is 0.271 e. The van der Waals surface area contributed by atoms with Gasteiger partial charge >= 0.3 is 0 Å². The summed E-state index contributed by atoms with van der Waals surface area (Å²) in [5.74, 6) is 6.58. The van der Waals surface area contributed by atoms with Crippen LogP contribution in [0.25, 0.3) is 0 Å². The van der Waals surface area contributed by atoms with E-state index < -0.39 is 0 Å². The summed E-state index contributed by atoms with van der Waals surface area (Å²) in [7, 11) is 0. The van der Waals surface area contributed by atoms with Gasteiger partial charge in [-0.1, -0.05) is 12.8 Å². The summed E-state index contributed by atoms with van der Waals surface area (Å²) in [5, 5.41) is 0. The quantitative estimate of drug-likeness (QED) is 0.545. The van der Waals surface area contributed by atoms with Crippen molar-refractivity contribution in [3.8, 4) is 0 Å². The molecular weight excluding hydrogens is 198 g/mol. The first kappa shape index (κ1) is 11.6. The number of aryl methyl sites for hydroxylation is 1. The fourth-order valence-corrected chi connectivity index (χ4v) is 2.04. The zero-order valence-electron chi connectivity index (χ0n) is 9.73. The van der Waals surface area contributed by atoms with E-state index in [1.54, 1.807) is 0 Å². The number of pyridine rings is 1. The van der Waals surface area contributed by atoms with E-state index in [0.717, 1.165) is 18.8 Å². The van der Waals surface area contributed by atoms with E-state index >= 15 is 0 Å². The van der Waals surface area contributed by atoms with Crippen molar-refractivity contribution < 1.29 is 0 Å². The van der Waals surface area contributed by atoms with E-state index in [4.69, 9.17) is 5.84 Å². The van der Waals surface area contributed by atoms with Crippen LogP contribution in [0.4, 0.5) is 0 Å². The van der Waals surface area contributed by atoms with E-state index in [-0.39, 0.29) is 0 Å². The molecule has 2 rings (SSSR count). The van der Waals surface area contributed by atoms with Crippen molar-refractivity contribution in [2.24, 2.45) is 11.8 Å². The van der Waals surface area contributed by atoms with Gasteiger partial charge in [0.1, 0.15) is 0 Å². The third-order valence-electron chi connectivity index (χ3n) is 3.39. The first-order chi connectivity index (χ1) is 7.88. The molecule has 1 saturated carbocycles. The molecule has 0 aliphatic heterocycles. The molecule has 0 spiro atoms. The summed E-state index contributed by atoms with van der Waals surface area (Å²) >= 11 is 0. The molecule has 0 radical (unpaired) electrons. The average molecular weight is 219 g/mol. The Bertz CT molecular complexity index is 295. The zero-order chi connectivity index (χ0) is 11.2. The maximum Gasteiger partial charge on any atom is 0.0270 e. The summed E-state index contributed by atoms with van der Waals surface area (Å²) in [6, 6.07) is 4.62. The van der Waals surface area contributed by atoms with E-state index in [9.17, 15) is 0 Å². The molecule has 1 aromatic rings. The van der Waals surface area contributed by atoms with Crippen molar-refractivity contribution in [2.45, 2.75) is 44.6 Å². The van der Waals surface area contributed by atoms with Crippen molar-refractivity contribution >= 4 is 0 Å². The van der Waals surface area contributed by atoms with E-state index in [1.807, 2.05) is 12.4 Å². The van der Waals surface area contributed by atoms with Gasteiger partial charge in [0.15, 0.2) is 0 Å². The summed E-state index contributed by atoms with van der Waals surface area (Å²) in [6.07, 6.45) is 11.3. The van der Waals surface area contributed by atoms with Gasteiger partial charge in [0.25, 0.3) is 0 Å². The van der Waals surface area contributed by atoms with E-state index in [0.29, 0.717) is 6.04 Å². The Morgan fingerprint density at radius 3 is 2.69 bits per heavy atom. The molecule has 0 bridgehead atoms. The Morgan fingerprint density at radius 2 is 2.06 bits per heavy atom. The van der Waals surface area contributed by atoms with Crippen molar-refractivity contribution in [2.75, 3.05) is 0 Å². The fourth-order valence-electron chi connectivity index (χ4n) is 2.04. The van der Waals surface area contributed by atoms with E-state index in [2.05, 4.69) is 22.5 Å². The molecule has 1 aliphatic carbocycles. The molecule has 3 N–H and O–H groups in total. The molecule has 3 nitrogen and oxygen atoms in total. The molecule has 16 heavy (non-hydrogen) atoms. The minimum Gasteiger partial charge on any atom is -0.271 e. The first-order valence-electron chi connectivity index (χ1n) is 6.23. The SMILES string of the molecule is NNC(CCc1ccncc1)CCC1CC1. The number of nitrogens with zero attached hydrogens (tertiary/aromatic N) is 1. The van der Waals surface area contributed by atoms with Crippen LogP contribution in [0.3, 0.4) is 0 Å². The molecule has 1 fully saturated rings. The van der Waals surface area contributed by atoms with Gasteiger partial charge in [-0.05, 0) is 49.3 Å². The van der Waals surface area contributed by atoms with Crippen LogP contribution < -0.4 is 11.3 Å². The molecule has 1 unspecified atom stereocenters. The molecular formula is C13H21N3. The number of hydrogen-bond acceptors (Lipinski definition) is 3. The third-order valence-corrected chi connectivity index (χ3v) is 3.39. The Morgan fingerprint density at radius 1 is 1.31 bits per heavy atom. The Labute approximate surface area is 97.4 Å². The monoisotopic (exact) mass is 219 g/mol. The van der Waals surface area contributed by atoms with Crippen LogP contribution in [0.15, 0.2) is 24.5 Å². The second-order valence-corrected chi connectivity index (χ2v) is 4.78. The minimum absolute atomic E-state index is 0.466. The third kappa shape index (κ3) is 3.91. The van der Waals surface area contributed by atoms with Gasteiger partial charge in [-0.15, -0.1) is 0 Å². The summed E-state index contributed by atoms with van der Waals surface area (Å²) in [6.45, 7) is 0. The first-order valence-corrected chi connectivity index (χ1v) is 6.23. The summed E-state index contributed by atoms with van der Waals surface area (Å²) in [5.41, 5.74) is 4.29. The van der Waals surface area contributed by atoms with Crippen LogP contribution >= 0.6 is 0 Å². The number of nitrogens with one attached hydrogen (secondary N) is 1. The van der Waals surface area contributed by atoms with Crippen molar-refractivity contribution in [1.29, 1.82) is 0 Å². The molecule has 88 valence electrons. The van der Waals surface area contributed by atoms with Gasteiger partial charge in [-0.2, -0.15) is 0 Å². The van der Waals surface area contributed by atoms with Crippen LogP contribution in [-0.4, -0.2) is 11.0 Å². The maximum absolute atomic E-state index is 5.58. The smallest absolute Gasteiger partial charge is 0.0270 e. The molecule has 1 atom stereocenters. The zero-order valence-corrected chi connectivity index (χ0v) is 9.73. The number of rotatable bonds is 7. The molecule has 1 aliphatic rings. The van der Waals surface area contributed by atoms with Gasteiger partial charge in [-0.25, -0.2) is 0 Å². The lowest BCUT2D eigenvalue weighted by atomic mass is 10.0. The van der Waals surface area contributed by atoms with Crippen LogP contribution in [0.5, 0.6) is 0 Å². The molecule has 1 aromatic heterocycles. The predicted octanol–water partition coefficient (Wildman–Crippen LogP) is 2.04. The Kier molecular flexibility index (Phi) is 4.31. The Balaban J connectivity index is 1.69. The molecule has 3 heteroatoms.